The van der Waals surface area contributed by atoms with Gasteiger partial charge in [-0.2, -0.15) is 0 Å². The van der Waals surface area contributed by atoms with Gasteiger partial charge in [0.15, 0.2) is 0 Å². The fourth-order valence-corrected chi connectivity index (χ4v) is 2.84. The van der Waals surface area contributed by atoms with Crippen LogP contribution in [-0.2, 0) is 12.8 Å². The Hall–Kier alpha value is -1.84. The third-order valence-electron chi connectivity index (χ3n) is 3.81. The highest BCUT2D eigenvalue weighted by molar-refractivity contribution is 5.75. The molecule has 4 N–H and O–H groups in total. The Morgan fingerprint density at radius 2 is 1.80 bits per heavy atom. The molecule has 0 fully saturated rings. The molecule has 1 unspecified atom stereocenters. The first-order valence-corrected chi connectivity index (χ1v) is 7.10. The van der Waals surface area contributed by atoms with E-state index in [1.54, 1.807) is 0 Å². The van der Waals surface area contributed by atoms with E-state index in [2.05, 4.69) is 42.5 Å². The zero-order valence-electron chi connectivity index (χ0n) is 11.5. The average molecular weight is 268 g/mol. The van der Waals surface area contributed by atoms with E-state index in [1.165, 1.54) is 16.7 Å². The molecule has 3 nitrogen and oxygen atoms in total. The van der Waals surface area contributed by atoms with Gasteiger partial charge in [-0.25, -0.2) is 0 Å². The molecule has 1 aliphatic heterocycles. The van der Waals surface area contributed by atoms with E-state index >= 15 is 0 Å². The average Bonchev–Trinajstić information content (AvgIpc) is 2.91. The molecule has 0 saturated carbocycles. The molecule has 2 aromatic carbocycles. The molecule has 1 aliphatic rings. The van der Waals surface area contributed by atoms with Crippen molar-refractivity contribution in [1.29, 1.82) is 0 Å². The maximum atomic E-state index is 6.02. The molecule has 0 aromatic heterocycles. The lowest BCUT2D eigenvalue weighted by atomic mass is 9.95. The summed E-state index contributed by atoms with van der Waals surface area (Å²) >= 11 is 0. The molecular formula is C17H20N2O. The minimum absolute atomic E-state index is 0.104. The minimum Gasteiger partial charge on any atom is -0.488 e. The zero-order chi connectivity index (χ0) is 13.9. The highest BCUT2D eigenvalue weighted by atomic mass is 16.5. The van der Waals surface area contributed by atoms with Gasteiger partial charge in [-0.3, -0.25) is 0 Å². The van der Waals surface area contributed by atoms with Crippen LogP contribution in [0, 0.1) is 0 Å². The first kappa shape index (κ1) is 13.2. The summed E-state index contributed by atoms with van der Waals surface area (Å²) in [5.74, 6) is 0.993. The summed E-state index contributed by atoms with van der Waals surface area (Å²) in [6.07, 6.45) is 1.88. The Balaban J connectivity index is 2.07. The van der Waals surface area contributed by atoms with E-state index in [0.717, 1.165) is 24.2 Å². The van der Waals surface area contributed by atoms with Crippen molar-refractivity contribution < 1.29 is 4.74 Å². The summed E-state index contributed by atoms with van der Waals surface area (Å²) < 4.78 is 6.02. The SMILES string of the molecule is NCCc1ccccc1-c1cccc2c1OC(CN)C2. The third-order valence-corrected chi connectivity index (χ3v) is 3.81. The first-order chi connectivity index (χ1) is 9.83. The maximum absolute atomic E-state index is 6.02. The van der Waals surface area contributed by atoms with Gasteiger partial charge < -0.3 is 16.2 Å². The van der Waals surface area contributed by atoms with Crippen molar-refractivity contribution in [1.82, 2.24) is 0 Å². The van der Waals surface area contributed by atoms with Gasteiger partial charge in [0, 0.05) is 18.5 Å². The lowest BCUT2D eigenvalue weighted by Gasteiger charge is -2.14. The number of hydrogen-bond acceptors (Lipinski definition) is 3. The van der Waals surface area contributed by atoms with E-state index in [-0.39, 0.29) is 6.10 Å². The minimum atomic E-state index is 0.104. The maximum Gasteiger partial charge on any atom is 0.130 e. The molecule has 20 heavy (non-hydrogen) atoms. The topological polar surface area (TPSA) is 61.3 Å². The quantitative estimate of drug-likeness (QED) is 0.893. The van der Waals surface area contributed by atoms with Crippen molar-refractivity contribution in [3.05, 3.63) is 53.6 Å². The Bertz CT molecular complexity index is 610. The van der Waals surface area contributed by atoms with E-state index in [9.17, 15) is 0 Å². The number of hydrogen-bond donors (Lipinski definition) is 2. The van der Waals surface area contributed by atoms with Crippen molar-refractivity contribution in [2.45, 2.75) is 18.9 Å². The van der Waals surface area contributed by atoms with E-state index in [4.69, 9.17) is 16.2 Å². The van der Waals surface area contributed by atoms with Crippen LogP contribution >= 0.6 is 0 Å². The Morgan fingerprint density at radius 3 is 2.60 bits per heavy atom. The van der Waals surface area contributed by atoms with Crippen LogP contribution in [0.15, 0.2) is 42.5 Å². The highest BCUT2D eigenvalue weighted by Crippen LogP contribution is 2.39. The van der Waals surface area contributed by atoms with Gasteiger partial charge >= 0.3 is 0 Å². The number of benzene rings is 2. The lowest BCUT2D eigenvalue weighted by Crippen LogP contribution is -2.24. The zero-order valence-corrected chi connectivity index (χ0v) is 11.5. The van der Waals surface area contributed by atoms with Gasteiger partial charge in [0.2, 0.25) is 0 Å². The van der Waals surface area contributed by atoms with E-state index in [1.807, 2.05) is 0 Å². The number of para-hydroxylation sites is 1. The number of fused-ring (bicyclic) bond motifs is 1. The van der Waals surface area contributed by atoms with Gasteiger partial charge in [0.05, 0.1) is 0 Å². The summed E-state index contributed by atoms with van der Waals surface area (Å²) in [6.45, 7) is 1.21. The first-order valence-electron chi connectivity index (χ1n) is 7.10. The molecule has 3 heteroatoms. The Kier molecular flexibility index (Phi) is 3.72. The Labute approximate surface area is 119 Å². The lowest BCUT2D eigenvalue weighted by molar-refractivity contribution is 0.242. The second-order valence-corrected chi connectivity index (χ2v) is 5.17. The molecule has 2 aromatic rings. The summed E-state index contributed by atoms with van der Waals surface area (Å²) in [5, 5.41) is 0. The van der Waals surface area contributed by atoms with Crippen LogP contribution in [0.3, 0.4) is 0 Å². The van der Waals surface area contributed by atoms with Crippen molar-refractivity contribution in [2.24, 2.45) is 11.5 Å². The fraction of sp³-hybridized carbons (Fsp3) is 0.294. The van der Waals surface area contributed by atoms with Crippen LogP contribution in [0.1, 0.15) is 11.1 Å². The monoisotopic (exact) mass is 268 g/mol. The van der Waals surface area contributed by atoms with Crippen LogP contribution in [0.2, 0.25) is 0 Å². The summed E-state index contributed by atoms with van der Waals surface area (Å²) in [5.41, 5.74) is 16.3. The highest BCUT2D eigenvalue weighted by Gasteiger charge is 2.25. The molecule has 3 rings (SSSR count). The summed E-state index contributed by atoms with van der Waals surface area (Å²) in [4.78, 5) is 0. The van der Waals surface area contributed by atoms with Crippen LogP contribution in [-0.4, -0.2) is 19.2 Å². The van der Waals surface area contributed by atoms with Crippen LogP contribution < -0.4 is 16.2 Å². The normalized spacial score (nSPS) is 16.8. The largest absolute Gasteiger partial charge is 0.488 e. The molecule has 0 spiro atoms. The third kappa shape index (κ3) is 2.30. The molecule has 0 amide bonds. The van der Waals surface area contributed by atoms with Crippen molar-refractivity contribution in [2.75, 3.05) is 13.1 Å². The molecule has 0 saturated heterocycles. The smallest absolute Gasteiger partial charge is 0.130 e. The predicted octanol–water partition coefficient (Wildman–Crippen LogP) is 2.12. The number of nitrogens with two attached hydrogens (primary N) is 2. The van der Waals surface area contributed by atoms with Gasteiger partial charge in [-0.1, -0.05) is 42.5 Å². The molecule has 0 aliphatic carbocycles. The molecular weight excluding hydrogens is 248 g/mol. The predicted molar refractivity (Wildman–Crippen MR) is 81.8 cm³/mol. The molecule has 104 valence electrons. The summed E-state index contributed by atoms with van der Waals surface area (Å²) in [6, 6.07) is 14.7. The molecule has 0 bridgehead atoms. The van der Waals surface area contributed by atoms with Gasteiger partial charge in [-0.05, 0) is 29.7 Å². The van der Waals surface area contributed by atoms with Crippen LogP contribution in [0.4, 0.5) is 0 Å². The van der Waals surface area contributed by atoms with Crippen molar-refractivity contribution in [3.63, 3.8) is 0 Å². The van der Waals surface area contributed by atoms with Gasteiger partial charge in [-0.15, -0.1) is 0 Å². The van der Waals surface area contributed by atoms with Gasteiger partial charge in [0.1, 0.15) is 11.9 Å². The van der Waals surface area contributed by atoms with E-state index in [0.29, 0.717) is 13.1 Å². The summed E-state index contributed by atoms with van der Waals surface area (Å²) in [7, 11) is 0. The molecule has 1 atom stereocenters. The Morgan fingerprint density at radius 1 is 1.00 bits per heavy atom. The fourth-order valence-electron chi connectivity index (χ4n) is 2.84. The molecule has 1 heterocycles. The number of rotatable bonds is 4. The van der Waals surface area contributed by atoms with Crippen LogP contribution in [0.25, 0.3) is 11.1 Å². The number of ether oxygens (including phenoxy) is 1. The van der Waals surface area contributed by atoms with E-state index < -0.39 is 0 Å². The van der Waals surface area contributed by atoms with Crippen LogP contribution in [0.5, 0.6) is 5.75 Å². The molecule has 0 radical (unpaired) electrons. The van der Waals surface area contributed by atoms with Crippen molar-refractivity contribution >= 4 is 0 Å². The standard InChI is InChI=1S/C17H20N2O/c18-9-8-12-4-1-2-6-15(12)16-7-3-5-13-10-14(11-19)20-17(13)16/h1-7,14H,8-11,18-19H2. The second kappa shape index (κ2) is 5.65. The second-order valence-electron chi connectivity index (χ2n) is 5.17. The van der Waals surface area contributed by atoms with Gasteiger partial charge in [0.25, 0.3) is 0 Å². The van der Waals surface area contributed by atoms with Crippen molar-refractivity contribution in [3.8, 4) is 16.9 Å².